The fraction of sp³-hybridized carbons (Fsp3) is 0.357. The Labute approximate surface area is 106 Å². The Hall–Kier alpha value is -1.99. The predicted octanol–water partition coefficient (Wildman–Crippen LogP) is 1.60. The predicted molar refractivity (Wildman–Crippen MR) is 70.5 cm³/mol. The van der Waals surface area contributed by atoms with Gasteiger partial charge in [-0.15, -0.1) is 6.42 Å². The minimum absolute atomic E-state index is 0.155. The molecule has 0 unspecified atom stereocenters. The lowest BCUT2D eigenvalue weighted by Gasteiger charge is -2.04. The Balaban J connectivity index is 2.48. The highest BCUT2D eigenvalue weighted by molar-refractivity contribution is 5.78. The summed E-state index contributed by atoms with van der Waals surface area (Å²) in [6, 6.07) is 5.75. The average Bonchev–Trinajstić information content (AvgIpc) is 2.74. The minimum atomic E-state index is 0.155. The van der Waals surface area contributed by atoms with E-state index in [1.807, 2.05) is 22.8 Å². The van der Waals surface area contributed by atoms with Gasteiger partial charge in [-0.25, -0.2) is 4.98 Å². The van der Waals surface area contributed by atoms with Crippen molar-refractivity contribution in [2.45, 2.75) is 19.4 Å². The number of ether oxygens (including phenoxy) is 1. The first-order valence-electron chi connectivity index (χ1n) is 5.87. The van der Waals surface area contributed by atoms with Crippen molar-refractivity contribution in [3.05, 3.63) is 24.0 Å². The standard InChI is InChI=1S/C14H16N2O2/c1-3-8-16-13-7-6-11(18-2)10-12(13)15-14(16)5-4-9-17/h1,6-7,10,17H,4-5,8-9H2,2H3. The van der Waals surface area contributed by atoms with Gasteiger partial charge in [0.25, 0.3) is 0 Å². The van der Waals surface area contributed by atoms with E-state index in [1.165, 1.54) is 0 Å². The first kappa shape index (κ1) is 12.5. The first-order chi connectivity index (χ1) is 8.80. The number of rotatable bonds is 5. The van der Waals surface area contributed by atoms with Crippen LogP contribution in [0.3, 0.4) is 0 Å². The van der Waals surface area contributed by atoms with Crippen LogP contribution in [-0.4, -0.2) is 28.4 Å². The van der Waals surface area contributed by atoms with E-state index in [2.05, 4.69) is 10.9 Å². The van der Waals surface area contributed by atoms with Crippen LogP contribution >= 0.6 is 0 Å². The van der Waals surface area contributed by atoms with Crippen LogP contribution in [0.5, 0.6) is 5.75 Å². The number of aliphatic hydroxyl groups excluding tert-OH is 1. The number of fused-ring (bicyclic) bond motifs is 1. The first-order valence-corrected chi connectivity index (χ1v) is 5.87. The van der Waals surface area contributed by atoms with E-state index < -0.39 is 0 Å². The number of aliphatic hydroxyl groups is 1. The molecule has 1 aromatic heterocycles. The molecule has 0 aliphatic heterocycles. The highest BCUT2D eigenvalue weighted by Crippen LogP contribution is 2.22. The number of nitrogens with zero attached hydrogens (tertiary/aromatic N) is 2. The summed E-state index contributed by atoms with van der Waals surface area (Å²) in [4.78, 5) is 4.55. The zero-order valence-electron chi connectivity index (χ0n) is 10.4. The smallest absolute Gasteiger partial charge is 0.121 e. The second kappa shape index (κ2) is 5.56. The topological polar surface area (TPSA) is 47.3 Å². The van der Waals surface area contributed by atoms with Gasteiger partial charge < -0.3 is 14.4 Å². The molecule has 94 valence electrons. The Kier molecular flexibility index (Phi) is 3.85. The molecule has 0 fully saturated rings. The second-order valence-electron chi connectivity index (χ2n) is 4.00. The number of aromatic nitrogens is 2. The van der Waals surface area contributed by atoms with Crippen LogP contribution in [0.1, 0.15) is 12.2 Å². The third kappa shape index (κ3) is 2.31. The van der Waals surface area contributed by atoms with E-state index in [0.29, 0.717) is 13.0 Å². The van der Waals surface area contributed by atoms with Crippen molar-refractivity contribution in [3.63, 3.8) is 0 Å². The molecule has 0 radical (unpaired) electrons. The minimum Gasteiger partial charge on any atom is -0.497 e. The molecular weight excluding hydrogens is 228 g/mol. The molecule has 0 aliphatic rings. The number of methoxy groups -OCH3 is 1. The summed E-state index contributed by atoms with van der Waals surface area (Å²) in [5.41, 5.74) is 1.87. The molecule has 0 spiro atoms. The van der Waals surface area contributed by atoms with E-state index in [4.69, 9.17) is 16.3 Å². The zero-order chi connectivity index (χ0) is 13.0. The Morgan fingerprint density at radius 1 is 1.50 bits per heavy atom. The summed E-state index contributed by atoms with van der Waals surface area (Å²) in [7, 11) is 1.63. The van der Waals surface area contributed by atoms with E-state index in [1.54, 1.807) is 7.11 Å². The van der Waals surface area contributed by atoms with Crippen molar-refractivity contribution in [3.8, 4) is 18.1 Å². The van der Waals surface area contributed by atoms with Crippen LogP contribution in [0, 0.1) is 12.3 Å². The molecule has 0 aliphatic carbocycles. The third-order valence-corrected chi connectivity index (χ3v) is 2.84. The lowest BCUT2D eigenvalue weighted by atomic mass is 10.3. The summed E-state index contributed by atoms with van der Waals surface area (Å²) >= 11 is 0. The molecule has 2 aromatic rings. The quantitative estimate of drug-likeness (QED) is 0.813. The van der Waals surface area contributed by atoms with Gasteiger partial charge in [0.15, 0.2) is 0 Å². The largest absolute Gasteiger partial charge is 0.497 e. The highest BCUT2D eigenvalue weighted by Gasteiger charge is 2.10. The van der Waals surface area contributed by atoms with Crippen LogP contribution < -0.4 is 4.74 Å². The molecule has 1 N–H and O–H groups in total. The van der Waals surface area contributed by atoms with Crippen molar-refractivity contribution >= 4 is 11.0 Å². The van der Waals surface area contributed by atoms with Gasteiger partial charge in [-0.1, -0.05) is 5.92 Å². The summed E-state index contributed by atoms with van der Waals surface area (Å²) in [6.45, 7) is 0.645. The number of hydrogen-bond donors (Lipinski definition) is 1. The number of imidazole rings is 1. The van der Waals surface area contributed by atoms with E-state index in [-0.39, 0.29) is 6.61 Å². The highest BCUT2D eigenvalue weighted by atomic mass is 16.5. The molecule has 0 amide bonds. The molecule has 1 heterocycles. The van der Waals surface area contributed by atoms with Crippen molar-refractivity contribution in [2.24, 2.45) is 0 Å². The van der Waals surface area contributed by atoms with Crippen LogP contribution in [0.25, 0.3) is 11.0 Å². The van der Waals surface area contributed by atoms with Gasteiger partial charge in [0.2, 0.25) is 0 Å². The maximum absolute atomic E-state index is 8.91. The molecule has 0 saturated carbocycles. The SMILES string of the molecule is C#CCn1c(CCCO)nc2cc(OC)ccc21. The van der Waals surface area contributed by atoms with Gasteiger partial charge in [0.05, 0.1) is 24.7 Å². The molecule has 1 aromatic carbocycles. The van der Waals surface area contributed by atoms with Crippen LogP contribution in [-0.2, 0) is 13.0 Å². The summed E-state index contributed by atoms with van der Waals surface area (Å²) in [5, 5.41) is 8.91. The van der Waals surface area contributed by atoms with Gasteiger partial charge in [-0.05, 0) is 18.6 Å². The number of terminal acetylenes is 1. The molecule has 4 nitrogen and oxygen atoms in total. The lowest BCUT2D eigenvalue weighted by Crippen LogP contribution is -2.03. The van der Waals surface area contributed by atoms with Crippen molar-refractivity contribution in [1.82, 2.24) is 9.55 Å². The average molecular weight is 244 g/mol. The van der Waals surface area contributed by atoms with Gasteiger partial charge in [0.1, 0.15) is 11.6 Å². The maximum Gasteiger partial charge on any atom is 0.121 e. The van der Waals surface area contributed by atoms with Gasteiger partial charge in [-0.2, -0.15) is 0 Å². The van der Waals surface area contributed by atoms with Crippen LogP contribution in [0.2, 0.25) is 0 Å². The lowest BCUT2D eigenvalue weighted by molar-refractivity contribution is 0.287. The monoisotopic (exact) mass is 244 g/mol. The normalized spacial score (nSPS) is 10.5. The third-order valence-electron chi connectivity index (χ3n) is 2.84. The maximum atomic E-state index is 8.91. The summed E-state index contributed by atoms with van der Waals surface area (Å²) in [5.74, 6) is 4.32. The second-order valence-corrected chi connectivity index (χ2v) is 4.00. The summed E-state index contributed by atoms with van der Waals surface area (Å²) in [6.07, 6.45) is 6.79. The molecule has 2 rings (SSSR count). The Morgan fingerprint density at radius 3 is 3.00 bits per heavy atom. The molecule has 0 bridgehead atoms. The van der Waals surface area contributed by atoms with Crippen molar-refractivity contribution in [1.29, 1.82) is 0 Å². The Bertz CT molecular complexity index is 581. The van der Waals surface area contributed by atoms with Gasteiger partial charge in [0, 0.05) is 19.1 Å². The summed E-state index contributed by atoms with van der Waals surface area (Å²) < 4.78 is 7.19. The van der Waals surface area contributed by atoms with Gasteiger partial charge in [-0.3, -0.25) is 0 Å². The van der Waals surface area contributed by atoms with E-state index in [9.17, 15) is 0 Å². The number of aryl methyl sites for hydroxylation is 1. The van der Waals surface area contributed by atoms with E-state index in [0.717, 1.165) is 29.0 Å². The Morgan fingerprint density at radius 2 is 2.33 bits per heavy atom. The molecule has 18 heavy (non-hydrogen) atoms. The molecule has 0 atom stereocenters. The van der Waals surface area contributed by atoms with E-state index >= 15 is 0 Å². The number of benzene rings is 1. The molecule has 0 saturated heterocycles. The van der Waals surface area contributed by atoms with Gasteiger partial charge >= 0.3 is 0 Å². The zero-order valence-corrected chi connectivity index (χ0v) is 10.4. The molecular formula is C14H16N2O2. The molecule has 4 heteroatoms. The van der Waals surface area contributed by atoms with Crippen LogP contribution in [0.15, 0.2) is 18.2 Å². The van der Waals surface area contributed by atoms with Crippen molar-refractivity contribution < 1.29 is 9.84 Å². The van der Waals surface area contributed by atoms with Crippen molar-refractivity contribution in [2.75, 3.05) is 13.7 Å². The van der Waals surface area contributed by atoms with Crippen LogP contribution in [0.4, 0.5) is 0 Å². The number of hydrogen-bond acceptors (Lipinski definition) is 3. The fourth-order valence-electron chi connectivity index (χ4n) is 1.98. The fourth-order valence-corrected chi connectivity index (χ4v) is 1.98.